The van der Waals surface area contributed by atoms with E-state index < -0.39 is 21.7 Å². The van der Waals surface area contributed by atoms with E-state index in [1.165, 1.54) is 24.3 Å². The van der Waals surface area contributed by atoms with Crippen molar-refractivity contribution in [2.45, 2.75) is 36.3 Å². The van der Waals surface area contributed by atoms with Crippen molar-refractivity contribution < 1.29 is 21.9 Å². The van der Waals surface area contributed by atoms with Crippen molar-refractivity contribution in [2.24, 2.45) is 10.2 Å². The van der Waals surface area contributed by atoms with Crippen molar-refractivity contribution in [3.63, 3.8) is 0 Å². The van der Waals surface area contributed by atoms with Gasteiger partial charge >= 0.3 is 0 Å². The van der Waals surface area contributed by atoms with Crippen molar-refractivity contribution in [2.75, 3.05) is 5.01 Å². The first kappa shape index (κ1) is 21.5. The number of hydrogen-bond donors (Lipinski definition) is 1. The summed E-state index contributed by atoms with van der Waals surface area (Å²) in [6.45, 7) is 0. The summed E-state index contributed by atoms with van der Waals surface area (Å²) in [4.78, 5) is -0.0152. The highest BCUT2D eigenvalue weighted by atomic mass is 32.2. The Hall–Kier alpha value is -3.30. The lowest BCUT2D eigenvalue weighted by atomic mass is 9.93. The lowest BCUT2D eigenvalue weighted by Crippen LogP contribution is -2.43. The molecule has 0 amide bonds. The van der Waals surface area contributed by atoms with Crippen LogP contribution in [-0.4, -0.2) is 26.3 Å². The van der Waals surface area contributed by atoms with Gasteiger partial charge in [0.15, 0.2) is 0 Å². The Labute approximate surface area is 190 Å². The van der Waals surface area contributed by atoms with Crippen LogP contribution in [0.15, 0.2) is 76.7 Å². The van der Waals surface area contributed by atoms with Gasteiger partial charge in [-0.25, -0.2) is 22.3 Å². The van der Waals surface area contributed by atoms with Crippen LogP contribution in [0.1, 0.15) is 24.0 Å². The minimum atomic E-state index is -3.84. The molecule has 0 bridgehead atoms. The number of halogens is 2. The van der Waals surface area contributed by atoms with Crippen LogP contribution in [0, 0.1) is 11.6 Å². The topological polar surface area (TPSA) is 85.0 Å². The highest BCUT2D eigenvalue weighted by molar-refractivity contribution is 7.89. The van der Waals surface area contributed by atoms with Crippen LogP contribution in [0.2, 0.25) is 0 Å². The zero-order valence-electron chi connectivity index (χ0n) is 17.5. The number of fused-ring (bicyclic) bond motifs is 1. The number of rotatable bonds is 4. The minimum absolute atomic E-state index is 0.0152. The molecule has 3 aromatic rings. The molecule has 0 fully saturated rings. The van der Waals surface area contributed by atoms with Crippen LogP contribution < -0.4 is 14.9 Å². The molecule has 0 saturated heterocycles. The standard InChI is InChI=1S/C24H21F2N3O3S/c25-16-6-11-19(20(26)13-16)21-14-22(24-12-5-15-3-1-2-4-23(15)32-24)29(28-21)17-7-9-18(10-8-17)33(27,30)31/h1-4,6-11,13,22,24H,5,12,14H2,(H2,27,30,31). The molecule has 2 aliphatic rings. The summed E-state index contributed by atoms with van der Waals surface area (Å²) in [5.74, 6) is -0.539. The van der Waals surface area contributed by atoms with E-state index in [0.29, 0.717) is 17.8 Å². The van der Waals surface area contributed by atoms with Crippen molar-refractivity contribution in [1.82, 2.24) is 0 Å². The first-order valence-corrected chi connectivity index (χ1v) is 12.0. The molecular weight excluding hydrogens is 448 g/mol. The molecule has 6 nitrogen and oxygen atoms in total. The van der Waals surface area contributed by atoms with Gasteiger partial charge in [0, 0.05) is 18.1 Å². The molecule has 3 aromatic carbocycles. The van der Waals surface area contributed by atoms with Crippen molar-refractivity contribution >= 4 is 21.4 Å². The number of primary sulfonamides is 1. The van der Waals surface area contributed by atoms with Gasteiger partial charge in [-0.15, -0.1) is 0 Å². The summed E-state index contributed by atoms with van der Waals surface area (Å²) in [6, 6.07) is 17.0. The molecule has 0 spiro atoms. The zero-order chi connectivity index (χ0) is 23.2. The fourth-order valence-electron chi connectivity index (χ4n) is 4.36. The maximum atomic E-state index is 14.5. The molecule has 33 heavy (non-hydrogen) atoms. The van der Waals surface area contributed by atoms with Gasteiger partial charge < -0.3 is 4.74 Å². The Kier molecular flexibility index (Phi) is 5.38. The van der Waals surface area contributed by atoms with Gasteiger partial charge in [0.2, 0.25) is 10.0 Å². The Bertz CT molecular complexity index is 1340. The van der Waals surface area contributed by atoms with Crippen molar-refractivity contribution in [3.8, 4) is 5.75 Å². The lowest BCUT2D eigenvalue weighted by molar-refractivity contribution is 0.146. The third-order valence-electron chi connectivity index (χ3n) is 6.00. The van der Waals surface area contributed by atoms with Gasteiger partial charge in [-0.3, -0.25) is 5.01 Å². The summed E-state index contributed by atoms with van der Waals surface area (Å²) in [6.07, 6.45) is 1.71. The molecule has 0 radical (unpaired) electrons. The molecule has 2 heterocycles. The van der Waals surface area contributed by atoms with E-state index in [1.54, 1.807) is 17.1 Å². The van der Waals surface area contributed by atoms with E-state index in [0.717, 1.165) is 30.2 Å². The Morgan fingerprint density at radius 2 is 1.79 bits per heavy atom. The summed E-state index contributed by atoms with van der Waals surface area (Å²) in [5, 5.41) is 11.6. The molecule has 0 saturated carbocycles. The molecule has 9 heteroatoms. The van der Waals surface area contributed by atoms with E-state index in [-0.39, 0.29) is 22.6 Å². The normalized spacial score (nSPS) is 20.2. The molecule has 0 aliphatic carbocycles. The van der Waals surface area contributed by atoms with E-state index in [2.05, 4.69) is 5.10 Å². The quantitative estimate of drug-likeness (QED) is 0.626. The summed E-state index contributed by atoms with van der Waals surface area (Å²) in [5.41, 5.74) is 2.44. The van der Waals surface area contributed by atoms with Crippen LogP contribution in [0.3, 0.4) is 0 Å². The first-order chi connectivity index (χ1) is 15.8. The second-order valence-corrected chi connectivity index (χ2v) is 9.69. The molecule has 0 aromatic heterocycles. The smallest absolute Gasteiger partial charge is 0.238 e. The van der Waals surface area contributed by atoms with E-state index in [9.17, 15) is 17.2 Å². The molecule has 2 N–H and O–H groups in total. The third kappa shape index (κ3) is 4.21. The van der Waals surface area contributed by atoms with Gasteiger partial charge in [0.25, 0.3) is 0 Å². The first-order valence-electron chi connectivity index (χ1n) is 10.5. The van der Waals surface area contributed by atoms with E-state index in [4.69, 9.17) is 9.88 Å². The minimum Gasteiger partial charge on any atom is -0.488 e. The largest absolute Gasteiger partial charge is 0.488 e. The fourth-order valence-corrected chi connectivity index (χ4v) is 4.88. The molecule has 2 unspecified atom stereocenters. The predicted molar refractivity (Wildman–Crippen MR) is 121 cm³/mol. The number of nitrogens with two attached hydrogens (primary N) is 1. The highest BCUT2D eigenvalue weighted by Crippen LogP contribution is 2.36. The predicted octanol–water partition coefficient (Wildman–Crippen LogP) is 3.99. The lowest BCUT2D eigenvalue weighted by Gasteiger charge is -2.34. The van der Waals surface area contributed by atoms with Crippen molar-refractivity contribution in [3.05, 3.63) is 89.5 Å². The molecule has 2 atom stereocenters. The average Bonchev–Trinajstić information content (AvgIpc) is 3.23. The summed E-state index contributed by atoms with van der Waals surface area (Å²) < 4.78 is 57.6. The maximum Gasteiger partial charge on any atom is 0.238 e. The molecular formula is C24H21F2N3O3S. The molecule has 2 aliphatic heterocycles. The highest BCUT2D eigenvalue weighted by Gasteiger charge is 2.38. The SMILES string of the molecule is NS(=O)(=O)c1ccc(N2N=C(c3ccc(F)cc3F)CC2C2CCc3ccccc3O2)cc1. The van der Waals surface area contributed by atoms with E-state index in [1.807, 2.05) is 24.3 Å². The summed E-state index contributed by atoms with van der Waals surface area (Å²) >= 11 is 0. The Morgan fingerprint density at radius 3 is 2.52 bits per heavy atom. The second-order valence-electron chi connectivity index (χ2n) is 8.13. The van der Waals surface area contributed by atoms with Gasteiger partial charge in [0.05, 0.1) is 22.3 Å². The Morgan fingerprint density at radius 1 is 1.03 bits per heavy atom. The second kappa shape index (κ2) is 8.24. The van der Waals surface area contributed by atoms with Gasteiger partial charge in [-0.05, 0) is 60.9 Å². The number of hydrogen-bond acceptors (Lipinski definition) is 5. The number of hydrazone groups is 1. The third-order valence-corrected chi connectivity index (χ3v) is 6.92. The van der Waals surface area contributed by atoms with Crippen LogP contribution in [0.4, 0.5) is 14.5 Å². The summed E-state index contributed by atoms with van der Waals surface area (Å²) in [7, 11) is -3.84. The van der Waals surface area contributed by atoms with Crippen LogP contribution in [-0.2, 0) is 16.4 Å². The van der Waals surface area contributed by atoms with Gasteiger partial charge in [-0.1, -0.05) is 18.2 Å². The van der Waals surface area contributed by atoms with Crippen LogP contribution >= 0.6 is 0 Å². The number of benzene rings is 3. The van der Waals surface area contributed by atoms with Gasteiger partial charge in [0.1, 0.15) is 23.5 Å². The maximum absolute atomic E-state index is 14.5. The number of anilines is 1. The van der Waals surface area contributed by atoms with Crippen LogP contribution in [0.25, 0.3) is 0 Å². The molecule has 170 valence electrons. The number of sulfonamides is 1. The fraction of sp³-hybridized carbons (Fsp3) is 0.208. The van der Waals surface area contributed by atoms with Crippen molar-refractivity contribution in [1.29, 1.82) is 0 Å². The zero-order valence-corrected chi connectivity index (χ0v) is 18.3. The number of para-hydroxylation sites is 1. The Balaban J connectivity index is 1.52. The number of ether oxygens (including phenoxy) is 1. The average molecular weight is 470 g/mol. The molecule has 5 rings (SSSR count). The monoisotopic (exact) mass is 469 g/mol. The number of nitrogens with zero attached hydrogens (tertiary/aromatic N) is 2. The number of aryl methyl sites for hydroxylation is 1. The van der Waals surface area contributed by atoms with Crippen LogP contribution in [0.5, 0.6) is 5.75 Å². The van der Waals surface area contributed by atoms with Gasteiger partial charge in [-0.2, -0.15) is 5.10 Å². The van der Waals surface area contributed by atoms with E-state index >= 15 is 0 Å².